The Labute approximate surface area is 198 Å². The zero-order valence-electron chi connectivity index (χ0n) is 18.8. The highest BCUT2D eigenvalue weighted by Gasteiger charge is 2.30. The molecule has 0 amide bonds. The molecular formula is C27H31ClF2N2O. The molecule has 3 aromatic rings. The van der Waals surface area contributed by atoms with E-state index in [2.05, 4.69) is 28.2 Å². The molecule has 1 aromatic heterocycles. The maximum atomic E-state index is 13.6. The highest BCUT2D eigenvalue weighted by Crippen LogP contribution is 2.43. The third kappa shape index (κ3) is 5.18. The summed E-state index contributed by atoms with van der Waals surface area (Å²) in [5, 5.41) is 0.274. The SMILES string of the molecule is Fc1cc2nc(CC3CCCCC3c3ccccc3OCC3CCCC(Cl)C3)[nH]c2cc1F. The number of halogens is 3. The molecule has 0 aliphatic heterocycles. The minimum Gasteiger partial charge on any atom is -0.493 e. The van der Waals surface area contributed by atoms with Crippen molar-refractivity contribution >= 4 is 22.6 Å². The van der Waals surface area contributed by atoms with E-state index in [1.807, 2.05) is 6.07 Å². The normalized spacial score (nSPS) is 25.9. The fraction of sp³-hybridized carbons (Fsp3) is 0.519. The highest BCUT2D eigenvalue weighted by molar-refractivity contribution is 6.20. The van der Waals surface area contributed by atoms with Gasteiger partial charge in [0.1, 0.15) is 11.6 Å². The Hall–Kier alpha value is -2.14. The summed E-state index contributed by atoms with van der Waals surface area (Å²) in [6.07, 6.45) is 9.87. The summed E-state index contributed by atoms with van der Waals surface area (Å²) in [5.74, 6) is 1.37. The fourth-order valence-electron chi connectivity index (χ4n) is 5.77. The summed E-state index contributed by atoms with van der Waals surface area (Å²) in [5.41, 5.74) is 2.30. The Morgan fingerprint density at radius 1 is 1.00 bits per heavy atom. The zero-order valence-corrected chi connectivity index (χ0v) is 19.6. The van der Waals surface area contributed by atoms with Crippen molar-refractivity contribution in [2.24, 2.45) is 11.8 Å². The number of nitrogens with zero attached hydrogens (tertiary/aromatic N) is 1. The minimum absolute atomic E-state index is 0.274. The molecule has 0 bridgehead atoms. The van der Waals surface area contributed by atoms with Crippen LogP contribution in [0.3, 0.4) is 0 Å². The standard InChI is InChI=1S/C27H31ClF2N2O/c28-19-8-5-6-17(12-19)16-33-26-11-4-3-10-21(26)20-9-2-1-7-18(20)13-27-31-24-14-22(29)23(30)15-25(24)32-27/h3-4,10-11,14-15,17-20H,1-2,5-9,12-13,16H2,(H,31,32). The van der Waals surface area contributed by atoms with E-state index in [0.29, 0.717) is 28.8 Å². The molecule has 1 heterocycles. The lowest BCUT2D eigenvalue weighted by atomic mass is 9.73. The van der Waals surface area contributed by atoms with Gasteiger partial charge in [0.05, 0.1) is 17.6 Å². The Kier molecular flexibility index (Phi) is 6.86. The van der Waals surface area contributed by atoms with Crippen molar-refractivity contribution in [2.45, 2.75) is 69.1 Å². The predicted molar refractivity (Wildman–Crippen MR) is 128 cm³/mol. The lowest BCUT2D eigenvalue weighted by Gasteiger charge is -2.33. The van der Waals surface area contributed by atoms with Crippen LogP contribution in [-0.2, 0) is 6.42 Å². The molecule has 33 heavy (non-hydrogen) atoms. The summed E-state index contributed by atoms with van der Waals surface area (Å²) in [6, 6.07) is 10.8. The number of hydrogen-bond donors (Lipinski definition) is 1. The molecule has 2 fully saturated rings. The van der Waals surface area contributed by atoms with E-state index in [1.165, 1.54) is 43.4 Å². The van der Waals surface area contributed by atoms with Crippen LogP contribution in [0.1, 0.15) is 68.7 Å². The number of fused-ring (bicyclic) bond motifs is 1. The van der Waals surface area contributed by atoms with E-state index >= 15 is 0 Å². The molecule has 5 rings (SSSR count). The molecule has 176 valence electrons. The Balaban J connectivity index is 1.33. The van der Waals surface area contributed by atoms with Crippen LogP contribution in [0.4, 0.5) is 8.78 Å². The van der Waals surface area contributed by atoms with Crippen molar-refractivity contribution in [3.8, 4) is 5.75 Å². The first-order valence-electron chi connectivity index (χ1n) is 12.3. The second kappa shape index (κ2) is 10.0. The van der Waals surface area contributed by atoms with Crippen molar-refractivity contribution in [1.29, 1.82) is 0 Å². The largest absolute Gasteiger partial charge is 0.493 e. The van der Waals surface area contributed by atoms with Gasteiger partial charge in [-0.25, -0.2) is 13.8 Å². The third-order valence-corrected chi connectivity index (χ3v) is 7.85. The van der Waals surface area contributed by atoms with Crippen molar-refractivity contribution in [3.05, 3.63) is 59.4 Å². The molecule has 2 aliphatic carbocycles. The van der Waals surface area contributed by atoms with Crippen LogP contribution < -0.4 is 4.74 Å². The van der Waals surface area contributed by atoms with Crippen LogP contribution in [0.2, 0.25) is 0 Å². The summed E-state index contributed by atoms with van der Waals surface area (Å²) in [4.78, 5) is 7.77. The van der Waals surface area contributed by atoms with Crippen molar-refractivity contribution in [1.82, 2.24) is 9.97 Å². The number of para-hydroxylation sites is 1. The number of aromatic amines is 1. The lowest BCUT2D eigenvalue weighted by Crippen LogP contribution is -2.23. The molecule has 0 saturated heterocycles. The van der Waals surface area contributed by atoms with Gasteiger partial charge in [-0.3, -0.25) is 0 Å². The Bertz CT molecular complexity index is 1060. The highest BCUT2D eigenvalue weighted by atomic mass is 35.5. The first kappa shape index (κ1) is 22.6. The van der Waals surface area contributed by atoms with Gasteiger partial charge in [-0.1, -0.05) is 37.5 Å². The number of rotatable bonds is 6. The maximum absolute atomic E-state index is 13.6. The zero-order chi connectivity index (χ0) is 22.8. The van der Waals surface area contributed by atoms with Gasteiger partial charge in [0.2, 0.25) is 0 Å². The number of H-pyrrole nitrogens is 1. The Morgan fingerprint density at radius 2 is 1.82 bits per heavy atom. The van der Waals surface area contributed by atoms with Crippen LogP contribution in [0.5, 0.6) is 5.75 Å². The molecule has 0 spiro atoms. The second-order valence-corrected chi connectivity index (χ2v) is 10.4. The third-order valence-electron chi connectivity index (χ3n) is 7.45. The molecule has 4 atom stereocenters. The van der Waals surface area contributed by atoms with E-state index in [1.54, 1.807) is 0 Å². The van der Waals surface area contributed by atoms with Crippen LogP contribution in [0.15, 0.2) is 36.4 Å². The first-order chi connectivity index (χ1) is 16.1. The molecule has 1 N–H and O–H groups in total. The number of ether oxygens (including phenoxy) is 1. The van der Waals surface area contributed by atoms with Gasteiger partial charge < -0.3 is 9.72 Å². The van der Waals surface area contributed by atoms with Crippen molar-refractivity contribution in [2.75, 3.05) is 6.61 Å². The average molecular weight is 473 g/mol. The van der Waals surface area contributed by atoms with Gasteiger partial charge in [0.25, 0.3) is 0 Å². The summed E-state index contributed by atoms with van der Waals surface area (Å²) >= 11 is 6.38. The number of alkyl halides is 1. The number of benzene rings is 2. The van der Waals surface area contributed by atoms with Crippen molar-refractivity contribution in [3.63, 3.8) is 0 Å². The molecule has 2 saturated carbocycles. The number of imidazole rings is 1. The topological polar surface area (TPSA) is 37.9 Å². The van der Waals surface area contributed by atoms with E-state index in [0.717, 1.165) is 50.3 Å². The summed E-state index contributed by atoms with van der Waals surface area (Å²) < 4.78 is 33.6. The van der Waals surface area contributed by atoms with Gasteiger partial charge in [-0.15, -0.1) is 11.6 Å². The predicted octanol–water partition coefficient (Wildman–Crippen LogP) is 7.53. The van der Waals surface area contributed by atoms with Gasteiger partial charge in [0.15, 0.2) is 11.6 Å². The molecule has 6 heteroatoms. The van der Waals surface area contributed by atoms with E-state index in [-0.39, 0.29) is 5.38 Å². The smallest absolute Gasteiger partial charge is 0.161 e. The molecule has 2 aliphatic rings. The van der Waals surface area contributed by atoms with Crippen LogP contribution >= 0.6 is 11.6 Å². The molecule has 3 nitrogen and oxygen atoms in total. The maximum Gasteiger partial charge on any atom is 0.161 e. The molecular weight excluding hydrogens is 442 g/mol. The lowest BCUT2D eigenvalue weighted by molar-refractivity contribution is 0.204. The van der Waals surface area contributed by atoms with Crippen LogP contribution in [0, 0.1) is 23.5 Å². The van der Waals surface area contributed by atoms with Crippen LogP contribution in [0.25, 0.3) is 11.0 Å². The van der Waals surface area contributed by atoms with Gasteiger partial charge in [-0.2, -0.15) is 0 Å². The first-order valence-corrected chi connectivity index (χ1v) is 12.7. The summed E-state index contributed by atoms with van der Waals surface area (Å²) in [6.45, 7) is 0.721. The Morgan fingerprint density at radius 3 is 2.70 bits per heavy atom. The van der Waals surface area contributed by atoms with E-state index in [9.17, 15) is 8.78 Å². The quantitative estimate of drug-likeness (QED) is 0.376. The molecule has 0 radical (unpaired) electrons. The minimum atomic E-state index is -0.861. The fourth-order valence-corrected chi connectivity index (χ4v) is 6.17. The van der Waals surface area contributed by atoms with E-state index < -0.39 is 11.6 Å². The molecule has 4 unspecified atom stereocenters. The number of nitrogens with one attached hydrogen (secondary N) is 1. The number of aromatic nitrogens is 2. The van der Waals surface area contributed by atoms with E-state index in [4.69, 9.17) is 16.3 Å². The summed E-state index contributed by atoms with van der Waals surface area (Å²) in [7, 11) is 0. The van der Waals surface area contributed by atoms with Gasteiger partial charge in [0, 0.05) is 23.9 Å². The monoisotopic (exact) mass is 472 g/mol. The molecule has 2 aromatic carbocycles. The van der Waals surface area contributed by atoms with Gasteiger partial charge in [-0.05, 0) is 61.5 Å². The van der Waals surface area contributed by atoms with Crippen molar-refractivity contribution < 1.29 is 13.5 Å². The average Bonchev–Trinajstić information content (AvgIpc) is 3.19. The van der Waals surface area contributed by atoms with Crippen LogP contribution in [-0.4, -0.2) is 22.0 Å². The number of hydrogen-bond acceptors (Lipinski definition) is 2. The van der Waals surface area contributed by atoms with Gasteiger partial charge >= 0.3 is 0 Å². The second-order valence-electron chi connectivity index (χ2n) is 9.80.